The first-order valence-electron chi connectivity index (χ1n) is 7.84. The van der Waals surface area contributed by atoms with Gasteiger partial charge in [-0.25, -0.2) is 0 Å². The maximum absolute atomic E-state index is 6.19. The molecule has 0 radical (unpaired) electrons. The first kappa shape index (κ1) is 20.7. The third kappa shape index (κ3) is 5.21. The van der Waals surface area contributed by atoms with Crippen molar-refractivity contribution >= 4 is 58.8 Å². The van der Waals surface area contributed by atoms with Gasteiger partial charge in [0.05, 0.1) is 6.54 Å². The monoisotopic (exact) mass is 504 g/mol. The standard InChI is InChI=1S/C17H18Cl2N6.HI/c1-20-17(21-8-7-12-5-6-13(18)10-14(12)19)22-11-16-24-23-15-4-2-3-9-25(15)16;/h2-6,9-10H,7-8,11H2,1H3,(H2,20,21,22);1H. The molecule has 0 saturated carbocycles. The second-order valence-electron chi connectivity index (χ2n) is 5.38. The molecule has 0 aliphatic heterocycles. The van der Waals surface area contributed by atoms with E-state index < -0.39 is 0 Å². The zero-order valence-electron chi connectivity index (χ0n) is 14.1. The van der Waals surface area contributed by atoms with Gasteiger partial charge in [-0.15, -0.1) is 34.2 Å². The average Bonchev–Trinajstić information content (AvgIpc) is 3.03. The summed E-state index contributed by atoms with van der Waals surface area (Å²) in [5, 5.41) is 16.1. The predicted octanol–water partition coefficient (Wildman–Crippen LogP) is 3.56. The van der Waals surface area contributed by atoms with Crippen molar-refractivity contribution < 1.29 is 0 Å². The van der Waals surface area contributed by atoms with Crippen LogP contribution in [-0.4, -0.2) is 34.2 Å². The van der Waals surface area contributed by atoms with Gasteiger partial charge in [0.1, 0.15) is 0 Å². The van der Waals surface area contributed by atoms with E-state index >= 15 is 0 Å². The molecule has 1 aromatic carbocycles. The Kier molecular flexibility index (Phi) is 7.92. The molecule has 2 N–H and O–H groups in total. The first-order chi connectivity index (χ1) is 12.2. The van der Waals surface area contributed by atoms with Gasteiger partial charge in [-0.05, 0) is 36.2 Å². The molecule has 26 heavy (non-hydrogen) atoms. The number of hydrogen-bond acceptors (Lipinski definition) is 3. The quantitative estimate of drug-likeness (QED) is 0.317. The molecule has 3 aromatic rings. The minimum atomic E-state index is 0. The smallest absolute Gasteiger partial charge is 0.191 e. The Morgan fingerprint density at radius 1 is 1.15 bits per heavy atom. The van der Waals surface area contributed by atoms with Gasteiger partial charge >= 0.3 is 0 Å². The van der Waals surface area contributed by atoms with Crippen molar-refractivity contribution in [2.45, 2.75) is 13.0 Å². The lowest BCUT2D eigenvalue weighted by atomic mass is 10.1. The zero-order valence-corrected chi connectivity index (χ0v) is 18.0. The van der Waals surface area contributed by atoms with E-state index in [0.717, 1.165) is 23.5 Å². The van der Waals surface area contributed by atoms with E-state index in [9.17, 15) is 0 Å². The summed E-state index contributed by atoms with van der Waals surface area (Å²) in [4.78, 5) is 4.22. The fourth-order valence-electron chi connectivity index (χ4n) is 2.43. The molecular weight excluding hydrogens is 486 g/mol. The molecule has 9 heteroatoms. The number of halogens is 3. The van der Waals surface area contributed by atoms with Crippen LogP contribution < -0.4 is 10.6 Å². The molecule has 0 aliphatic carbocycles. The number of nitrogens with zero attached hydrogens (tertiary/aromatic N) is 4. The Hall–Kier alpha value is -1.58. The van der Waals surface area contributed by atoms with Crippen LogP contribution in [0.15, 0.2) is 47.6 Å². The van der Waals surface area contributed by atoms with Crippen LogP contribution in [0.25, 0.3) is 5.65 Å². The molecule has 0 atom stereocenters. The summed E-state index contributed by atoms with van der Waals surface area (Å²) >= 11 is 12.1. The van der Waals surface area contributed by atoms with Crippen molar-refractivity contribution in [1.82, 2.24) is 25.2 Å². The Bertz CT molecular complexity index is 896. The van der Waals surface area contributed by atoms with Crippen molar-refractivity contribution in [2.24, 2.45) is 4.99 Å². The summed E-state index contributed by atoms with van der Waals surface area (Å²) in [5.41, 5.74) is 1.86. The van der Waals surface area contributed by atoms with Gasteiger partial charge in [-0.3, -0.25) is 9.39 Å². The van der Waals surface area contributed by atoms with E-state index in [1.165, 1.54) is 0 Å². The second kappa shape index (κ2) is 9.94. The average molecular weight is 505 g/mol. The van der Waals surface area contributed by atoms with Crippen molar-refractivity contribution in [2.75, 3.05) is 13.6 Å². The molecule has 0 fully saturated rings. The van der Waals surface area contributed by atoms with Gasteiger partial charge in [-0.1, -0.05) is 35.3 Å². The van der Waals surface area contributed by atoms with E-state index in [4.69, 9.17) is 23.2 Å². The fourth-order valence-corrected chi connectivity index (χ4v) is 2.94. The highest BCUT2D eigenvalue weighted by atomic mass is 127. The number of hydrogen-bond donors (Lipinski definition) is 2. The molecule has 0 amide bonds. The van der Waals surface area contributed by atoms with Crippen LogP contribution in [0.5, 0.6) is 0 Å². The van der Waals surface area contributed by atoms with Gasteiger partial charge in [-0.2, -0.15) is 0 Å². The number of guanidine groups is 1. The van der Waals surface area contributed by atoms with Gasteiger partial charge < -0.3 is 10.6 Å². The van der Waals surface area contributed by atoms with Crippen molar-refractivity contribution in [1.29, 1.82) is 0 Å². The van der Waals surface area contributed by atoms with Gasteiger partial charge in [0.2, 0.25) is 0 Å². The third-order valence-corrected chi connectivity index (χ3v) is 4.31. The number of rotatable bonds is 5. The molecule has 138 valence electrons. The number of nitrogens with one attached hydrogen (secondary N) is 2. The molecule has 0 saturated heterocycles. The van der Waals surface area contributed by atoms with Crippen LogP contribution in [0, 0.1) is 0 Å². The predicted molar refractivity (Wildman–Crippen MR) is 117 cm³/mol. The molecular formula is C17H19Cl2IN6. The van der Waals surface area contributed by atoms with Gasteiger partial charge in [0.15, 0.2) is 17.4 Å². The molecule has 0 unspecified atom stereocenters. The molecule has 0 bridgehead atoms. The number of pyridine rings is 1. The van der Waals surface area contributed by atoms with E-state index in [1.807, 2.05) is 40.9 Å². The van der Waals surface area contributed by atoms with Crippen LogP contribution in [0.3, 0.4) is 0 Å². The minimum absolute atomic E-state index is 0. The zero-order chi connectivity index (χ0) is 17.6. The Morgan fingerprint density at radius 3 is 2.77 bits per heavy atom. The van der Waals surface area contributed by atoms with E-state index in [0.29, 0.717) is 29.1 Å². The fraction of sp³-hybridized carbons (Fsp3) is 0.235. The van der Waals surface area contributed by atoms with Crippen molar-refractivity contribution in [3.8, 4) is 0 Å². The summed E-state index contributed by atoms with van der Waals surface area (Å²) in [6.07, 6.45) is 2.70. The molecule has 0 aliphatic rings. The SMILES string of the molecule is CN=C(NCCc1ccc(Cl)cc1Cl)NCc1nnc2ccccn12.I. The highest BCUT2D eigenvalue weighted by Crippen LogP contribution is 2.20. The third-order valence-electron chi connectivity index (χ3n) is 3.72. The summed E-state index contributed by atoms with van der Waals surface area (Å²) in [6, 6.07) is 11.3. The van der Waals surface area contributed by atoms with Crippen LogP contribution >= 0.6 is 47.2 Å². The molecule has 0 spiro atoms. The maximum atomic E-state index is 6.19. The van der Waals surface area contributed by atoms with E-state index in [2.05, 4.69) is 25.8 Å². The molecule has 2 aromatic heterocycles. The summed E-state index contributed by atoms with van der Waals surface area (Å²) in [6.45, 7) is 1.22. The van der Waals surface area contributed by atoms with Crippen molar-refractivity contribution in [3.63, 3.8) is 0 Å². The lowest BCUT2D eigenvalue weighted by molar-refractivity contribution is 0.757. The maximum Gasteiger partial charge on any atom is 0.191 e. The first-order valence-corrected chi connectivity index (χ1v) is 8.60. The summed E-state index contributed by atoms with van der Waals surface area (Å²) in [5.74, 6) is 1.51. The van der Waals surface area contributed by atoms with Gasteiger partial charge in [0.25, 0.3) is 0 Å². The number of benzene rings is 1. The Morgan fingerprint density at radius 2 is 2.00 bits per heavy atom. The highest BCUT2D eigenvalue weighted by Gasteiger charge is 2.06. The molecule has 6 nitrogen and oxygen atoms in total. The Balaban J connectivity index is 0.00000243. The largest absolute Gasteiger partial charge is 0.356 e. The molecule has 3 rings (SSSR count). The van der Waals surface area contributed by atoms with Crippen LogP contribution in [-0.2, 0) is 13.0 Å². The second-order valence-corrected chi connectivity index (χ2v) is 6.23. The topological polar surface area (TPSA) is 66.6 Å². The lowest BCUT2D eigenvalue weighted by Crippen LogP contribution is -2.38. The van der Waals surface area contributed by atoms with Crippen LogP contribution in [0.1, 0.15) is 11.4 Å². The molecule has 2 heterocycles. The minimum Gasteiger partial charge on any atom is -0.356 e. The Labute approximate surface area is 179 Å². The van der Waals surface area contributed by atoms with Crippen LogP contribution in [0.2, 0.25) is 10.0 Å². The summed E-state index contributed by atoms with van der Waals surface area (Å²) in [7, 11) is 1.73. The normalized spacial score (nSPS) is 11.3. The number of fused-ring (bicyclic) bond motifs is 1. The van der Waals surface area contributed by atoms with Crippen LogP contribution in [0.4, 0.5) is 0 Å². The summed E-state index contributed by atoms with van der Waals surface area (Å²) < 4.78 is 1.94. The highest BCUT2D eigenvalue weighted by molar-refractivity contribution is 14.0. The lowest BCUT2D eigenvalue weighted by Gasteiger charge is -2.12. The number of aromatic nitrogens is 3. The van der Waals surface area contributed by atoms with Crippen molar-refractivity contribution in [3.05, 3.63) is 64.0 Å². The van der Waals surface area contributed by atoms with E-state index in [-0.39, 0.29) is 24.0 Å². The van der Waals surface area contributed by atoms with Gasteiger partial charge in [0, 0.05) is 29.8 Å². The number of aliphatic imine (C=N–C) groups is 1. The van der Waals surface area contributed by atoms with E-state index in [1.54, 1.807) is 13.1 Å².